The number of carbonyl (C=O) groups excluding carboxylic acids is 1. The van der Waals surface area contributed by atoms with Crippen LogP contribution < -0.4 is 10.6 Å². The van der Waals surface area contributed by atoms with Gasteiger partial charge >= 0.3 is 12.0 Å². The molecule has 0 bridgehead atoms. The van der Waals surface area contributed by atoms with Gasteiger partial charge in [-0.1, -0.05) is 5.92 Å². The molecule has 0 aromatic carbocycles. The molecule has 0 spiro atoms. The molecule has 0 aliphatic rings. The Morgan fingerprint density at radius 2 is 2.33 bits per heavy atom. The first-order valence-electron chi connectivity index (χ1n) is 5.26. The molecule has 0 aliphatic heterocycles. The lowest BCUT2D eigenvalue weighted by molar-refractivity contribution is -0.139. The van der Waals surface area contributed by atoms with Crippen LogP contribution in [0.15, 0.2) is 12.5 Å². The van der Waals surface area contributed by atoms with Gasteiger partial charge in [0, 0.05) is 18.3 Å². The van der Waals surface area contributed by atoms with Crippen LogP contribution in [0.5, 0.6) is 0 Å². The number of amides is 2. The second-order valence-corrected chi connectivity index (χ2v) is 3.68. The highest BCUT2D eigenvalue weighted by Gasteiger charge is 2.21. The summed E-state index contributed by atoms with van der Waals surface area (Å²) in [7, 11) is 0. The first-order chi connectivity index (χ1) is 8.52. The summed E-state index contributed by atoms with van der Waals surface area (Å²) in [5, 5.41) is 13.7. The molecule has 0 saturated heterocycles. The highest BCUT2D eigenvalue weighted by atomic mass is 16.4. The Balaban J connectivity index is 2.56. The Labute approximate surface area is 104 Å². The van der Waals surface area contributed by atoms with Gasteiger partial charge in [-0.2, -0.15) is 0 Å². The van der Waals surface area contributed by atoms with Gasteiger partial charge in [-0.25, -0.2) is 14.6 Å². The van der Waals surface area contributed by atoms with E-state index in [0.29, 0.717) is 5.69 Å². The first kappa shape index (κ1) is 13.6. The minimum atomic E-state index is -1.13. The van der Waals surface area contributed by atoms with Crippen LogP contribution in [0.25, 0.3) is 0 Å². The standard InChI is InChI=1S/C11H14N4O3/c1-3-7(2)14-11(18)15-9(10(16)17)4-8-5-12-6-13-8/h1,5-7,9H,4H2,2H3,(H,12,13)(H,16,17)(H2,14,15,18). The Morgan fingerprint density at radius 3 is 2.83 bits per heavy atom. The quantitative estimate of drug-likeness (QED) is 0.539. The summed E-state index contributed by atoms with van der Waals surface area (Å²) in [6, 6.07) is -2.13. The molecule has 1 aromatic heterocycles. The summed E-state index contributed by atoms with van der Waals surface area (Å²) in [5.41, 5.74) is 0.618. The van der Waals surface area contributed by atoms with Crippen molar-refractivity contribution >= 4 is 12.0 Å². The Morgan fingerprint density at radius 1 is 1.61 bits per heavy atom. The van der Waals surface area contributed by atoms with Crippen LogP contribution in [0.2, 0.25) is 0 Å². The maximum Gasteiger partial charge on any atom is 0.326 e. The first-order valence-corrected chi connectivity index (χ1v) is 5.26. The fourth-order valence-electron chi connectivity index (χ4n) is 1.25. The van der Waals surface area contributed by atoms with Crippen LogP contribution in [0.1, 0.15) is 12.6 Å². The molecule has 7 nitrogen and oxygen atoms in total. The Bertz CT molecular complexity index is 449. The van der Waals surface area contributed by atoms with Gasteiger partial charge in [-0.05, 0) is 6.92 Å². The largest absolute Gasteiger partial charge is 0.480 e. The maximum atomic E-state index is 11.4. The number of aliphatic carboxylic acids is 1. The molecule has 2 unspecified atom stereocenters. The van der Waals surface area contributed by atoms with Crippen LogP contribution in [-0.2, 0) is 11.2 Å². The van der Waals surface area contributed by atoms with Crippen molar-refractivity contribution in [2.24, 2.45) is 0 Å². The molecule has 96 valence electrons. The zero-order valence-electron chi connectivity index (χ0n) is 9.80. The van der Waals surface area contributed by atoms with Crippen LogP contribution in [0.4, 0.5) is 4.79 Å². The molecule has 18 heavy (non-hydrogen) atoms. The summed E-state index contributed by atoms with van der Waals surface area (Å²) in [6.45, 7) is 1.62. The number of imidazole rings is 1. The molecule has 0 fully saturated rings. The lowest BCUT2D eigenvalue weighted by Gasteiger charge is -2.15. The molecule has 2 atom stereocenters. The normalized spacial score (nSPS) is 13.1. The van der Waals surface area contributed by atoms with Crippen molar-refractivity contribution in [2.45, 2.75) is 25.4 Å². The fourth-order valence-corrected chi connectivity index (χ4v) is 1.25. The molecule has 0 aliphatic carbocycles. The molecule has 0 radical (unpaired) electrons. The average Bonchev–Trinajstić information content (AvgIpc) is 2.80. The third-order valence-corrected chi connectivity index (χ3v) is 2.18. The van der Waals surface area contributed by atoms with Crippen LogP contribution in [-0.4, -0.2) is 39.2 Å². The number of nitrogens with zero attached hydrogens (tertiary/aromatic N) is 1. The number of carbonyl (C=O) groups is 2. The minimum Gasteiger partial charge on any atom is -0.480 e. The molecule has 7 heteroatoms. The van der Waals surface area contributed by atoms with E-state index in [4.69, 9.17) is 11.5 Å². The van der Waals surface area contributed by atoms with E-state index in [9.17, 15) is 9.59 Å². The van der Waals surface area contributed by atoms with Crippen molar-refractivity contribution in [1.29, 1.82) is 0 Å². The van der Waals surface area contributed by atoms with Crippen molar-refractivity contribution in [2.75, 3.05) is 0 Å². The number of terminal acetylenes is 1. The van der Waals surface area contributed by atoms with Crippen molar-refractivity contribution in [3.05, 3.63) is 18.2 Å². The second kappa shape index (κ2) is 6.30. The number of aromatic amines is 1. The lowest BCUT2D eigenvalue weighted by atomic mass is 10.1. The number of hydrogen-bond acceptors (Lipinski definition) is 3. The predicted octanol–water partition coefficient (Wildman–Crippen LogP) is -0.274. The van der Waals surface area contributed by atoms with E-state index in [2.05, 4.69) is 26.5 Å². The summed E-state index contributed by atoms with van der Waals surface area (Å²) >= 11 is 0. The summed E-state index contributed by atoms with van der Waals surface area (Å²) < 4.78 is 0. The number of hydrogen-bond donors (Lipinski definition) is 4. The van der Waals surface area contributed by atoms with E-state index in [1.165, 1.54) is 12.5 Å². The van der Waals surface area contributed by atoms with E-state index >= 15 is 0 Å². The maximum absolute atomic E-state index is 11.4. The van der Waals surface area contributed by atoms with Crippen molar-refractivity contribution in [3.8, 4) is 12.3 Å². The molecule has 2 amide bonds. The van der Waals surface area contributed by atoms with Crippen LogP contribution in [0.3, 0.4) is 0 Å². The van der Waals surface area contributed by atoms with E-state index in [-0.39, 0.29) is 6.42 Å². The third-order valence-electron chi connectivity index (χ3n) is 2.18. The van der Waals surface area contributed by atoms with E-state index in [1.807, 2.05) is 0 Å². The molecule has 1 aromatic rings. The molecule has 4 N–H and O–H groups in total. The SMILES string of the molecule is C#CC(C)NC(=O)NC(Cc1cnc[nH]1)C(=O)O. The summed E-state index contributed by atoms with van der Waals surface area (Å²) in [4.78, 5) is 29.0. The van der Waals surface area contributed by atoms with Crippen LogP contribution in [0, 0.1) is 12.3 Å². The number of urea groups is 1. The smallest absolute Gasteiger partial charge is 0.326 e. The average molecular weight is 250 g/mol. The van der Waals surface area contributed by atoms with Gasteiger partial charge in [0.2, 0.25) is 0 Å². The van der Waals surface area contributed by atoms with Gasteiger partial charge in [-0.3, -0.25) is 0 Å². The molecule has 1 rings (SSSR count). The van der Waals surface area contributed by atoms with Gasteiger partial charge in [0.15, 0.2) is 0 Å². The van der Waals surface area contributed by atoms with E-state index < -0.39 is 24.1 Å². The number of carboxylic acid groups (broad SMARTS) is 1. The zero-order valence-corrected chi connectivity index (χ0v) is 9.80. The van der Waals surface area contributed by atoms with Gasteiger partial charge in [0.25, 0.3) is 0 Å². The second-order valence-electron chi connectivity index (χ2n) is 3.68. The highest BCUT2D eigenvalue weighted by molar-refractivity contribution is 5.83. The summed E-state index contributed by atoms with van der Waals surface area (Å²) in [5.74, 6) is 1.18. The number of nitrogens with one attached hydrogen (secondary N) is 3. The molecular weight excluding hydrogens is 236 g/mol. The number of carboxylic acids is 1. The van der Waals surface area contributed by atoms with Crippen molar-refractivity contribution < 1.29 is 14.7 Å². The van der Waals surface area contributed by atoms with E-state index in [0.717, 1.165) is 0 Å². The van der Waals surface area contributed by atoms with Gasteiger partial charge in [0.05, 0.1) is 12.4 Å². The number of H-pyrrole nitrogens is 1. The molecule has 0 saturated carbocycles. The van der Waals surface area contributed by atoms with E-state index in [1.54, 1.807) is 6.92 Å². The van der Waals surface area contributed by atoms with Crippen molar-refractivity contribution in [3.63, 3.8) is 0 Å². The number of aromatic nitrogens is 2. The lowest BCUT2D eigenvalue weighted by Crippen LogP contribution is -2.49. The van der Waals surface area contributed by atoms with Crippen LogP contribution >= 0.6 is 0 Å². The Hall–Kier alpha value is -2.49. The predicted molar refractivity (Wildman–Crippen MR) is 63.7 cm³/mol. The monoisotopic (exact) mass is 250 g/mol. The molecular formula is C11H14N4O3. The highest BCUT2D eigenvalue weighted by Crippen LogP contribution is 1.98. The van der Waals surface area contributed by atoms with Gasteiger partial charge < -0.3 is 20.7 Å². The van der Waals surface area contributed by atoms with Gasteiger partial charge in [-0.15, -0.1) is 6.42 Å². The van der Waals surface area contributed by atoms with Gasteiger partial charge in [0.1, 0.15) is 6.04 Å². The number of rotatable bonds is 5. The van der Waals surface area contributed by atoms with Crippen molar-refractivity contribution in [1.82, 2.24) is 20.6 Å². The zero-order chi connectivity index (χ0) is 13.5. The fraction of sp³-hybridized carbons (Fsp3) is 0.364. The Kier molecular flexibility index (Phi) is 4.75. The minimum absolute atomic E-state index is 0.118. The molecule has 1 heterocycles. The summed E-state index contributed by atoms with van der Waals surface area (Å²) in [6.07, 6.45) is 8.16. The third kappa shape index (κ3) is 4.17. The topological polar surface area (TPSA) is 107 Å².